The maximum atomic E-state index is 11.8. The molecule has 0 aromatic carbocycles. The van der Waals surface area contributed by atoms with E-state index in [1.165, 1.54) is 19.3 Å². The van der Waals surface area contributed by atoms with Crippen molar-refractivity contribution in [3.8, 4) is 0 Å². The van der Waals surface area contributed by atoms with Crippen molar-refractivity contribution in [2.45, 2.75) is 64.6 Å². The Hall–Kier alpha value is -0.610. The molecular weight excluding hydrogens is 214 g/mol. The minimum atomic E-state index is 0.119. The van der Waals surface area contributed by atoms with Gasteiger partial charge in [-0.1, -0.05) is 6.42 Å². The van der Waals surface area contributed by atoms with E-state index in [1.807, 2.05) is 13.8 Å². The number of likely N-dealkylation sites (tertiary alicyclic amines) is 1. The van der Waals surface area contributed by atoms with E-state index in [0.29, 0.717) is 19.0 Å². The van der Waals surface area contributed by atoms with Gasteiger partial charge in [-0.3, -0.25) is 9.69 Å². The molecule has 4 nitrogen and oxygen atoms in total. The average Bonchev–Trinajstić information content (AvgIpc) is 2.26. The normalized spacial score (nSPS) is 23.7. The molecule has 100 valence electrons. The summed E-state index contributed by atoms with van der Waals surface area (Å²) in [7, 11) is 0. The Morgan fingerprint density at radius 1 is 1.47 bits per heavy atom. The molecule has 1 saturated heterocycles. The molecule has 0 aliphatic carbocycles. The van der Waals surface area contributed by atoms with Crippen molar-refractivity contribution in [2.24, 2.45) is 5.73 Å². The molecule has 0 saturated carbocycles. The molecule has 17 heavy (non-hydrogen) atoms. The standard InChI is InChI=1S/C13H27N3O/c1-10(2)15-13(17)8-12(9-14)16-7-5-4-6-11(16)3/h10-12H,4-9,14H2,1-3H3,(H,15,17). The molecular formula is C13H27N3O. The van der Waals surface area contributed by atoms with Gasteiger partial charge in [-0.05, 0) is 40.2 Å². The fourth-order valence-electron chi connectivity index (χ4n) is 2.59. The highest BCUT2D eigenvalue weighted by Gasteiger charge is 2.26. The largest absolute Gasteiger partial charge is 0.354 e. The third-order valence-electron chi connectivity index (χ3n) is 3.47. The molecule has 3 N–H and O–H groups in total. The average molecular weight is 241 g/mol. The lowest BCUT2D eigenvalue weighted by molar-refractivity contribution is -0.123. The van der Waals surface area contributed by atoms with E-state index < -0.39 is 0 Å². The van der Waals surface area contributed by atoms with Crippen molar-refractivity contribution in [3.05, 3.63) is 0 Å². The third-order valence-corrected chi connectivity index (χ3v) is 3.47. The number of nitrogens with zero attached hydrogens (tertiary/aromatic N) is 1. The van der Waals surface area contributed by atoms with Crippen LogP contribution < -0.4 is 11.1 Å². The minimum absolute atomic E-state index is 0.119. The molecule has 1 aliphatic rings. The van der Waals surface area contributed by atoms with Crippen LogP contribution in [0.5, 0.6) is 0 Å². The molecule has 0 aromatic heterocycles. The molecule has 0 bridgehead atoms. The Labute approximate surface area is 105 Å². The number of rotatable bonds is 5. The second kappa shape index (κ2) is 6.97. The Bertz CT molecular complexity index is 243. The zero-order chi connectivity index (χ0) is 12.8. The summed E-state index contributed by atoms with van der Waals surface area (Å²) in [4.78, 5) is 14.2. The quantitative estimate of drug-likeness (QED) is 0.758. The maximum Gasteiger partial charge on any atom is 0.221 e. The van der Waals surface area contributed by atoms with E-state index in [4.69, 9.17) is 5.73 Å². The lowest BCUT2D eigenvalue weighted by Crippen LogP contribution is -2.50. The minimum Gasteiger partial charge on any atom is -0.354 e. The number of carbonyl (C=O) groups is 1. The zero-order valence-electron chi connectivity index (χ0n) is 11.4. The zero-order valence-corrected chi connectivity index (χ0v) is 11.4. The Kier molecular flexibility index (Phi) is 5.92. The first-order chi connectivity index (χ1) is 8.04. The van der Waals surface area contributed by atoms with Gasteiger partial charge >= 0.3 is 0 Å². The van der Waals surface area contributed by atoms with E-state index in [9.17, 15) is 4.79 Å². The molecule has 2 unspecified atom stereocenters. The van der Waals surface area contributed by atoms with E-state index in [1.54, 1.807) is 0 Å². The second-order valence-electron chi connectivity index (χ2n) is 5.40. The molecule has 1 fully saturated rings. The van der Waals surface area contributed by atoms with Crippen molar-refractivity contribution >= 4 is 5.91 Å². The number of nitrogens with one attached hydrogen (secondary N) is 1. The highest BCUT2D eigenvalue weighted by molar-refractivity contribution is 5.76. The fraction of sp³-hybridized carbons (Fsp3) is 0.923. The van der Waals surface area contributed by atoms with Crippen molar-refractivity contribution < 1.29 is 4.79 Å². The lowest BCUT2D eigenvalue weighted by Gasteiger charge is -2.39. The highest BCUT2D eigenvalue weighted by Crippen LogP contribution is 2.20. The first-order valence-electron chi connectivity index (χ1n) is 6.79. The molecule has 1 heterocycles. The van der Waals surface area contributed by atoms with Crippen LogP contribution in [-0.4, -0.2) is 42.0 Å². The highest BCUT2D eigenvalue weighted by atomic mass is 16.1. The summed E-state index contributed by atoms with van der Waals surface area (Å²) in [5.41, 5.74) is 5.82. The lowest BCUT2D eigenvalue weighted by atomic mass is 9.99. The first kappa shape index (κ1) is 14.5. The van der Waals surface area contributed by atoms with Gasteiger partial charge in [-0.25, -0.2) is 0 Å². The van der Waals surface area contributed by atoms with Crippen LogP contribution in [0, 0.1) is 0 Å². The SMILES string of the molecule is CC(C)NC(=O)CC(CN)N1CCCCC1C. The third kappa shape index (κ3) is 4.64. The van der Waals surface area contributed by atoms with E-state index in [2.05, 4.69) is 17.1 Å². The summed E-state index contributed by atoms with van der Waals surface area (Å²) >= 11 is 0. The van der Waals surface area contributed by atoms with Gasteiger partial charge in [0.15, 0.2) is 0 Å². The summed E-state index contributed by atoms with van der Waals surface area (Å²) < 4.78 is 0. The summed E-state index contributed by atoms with van der Waals surface area (Å²) in [6, 6.07) is 0.966. The van der Waals surface area contributed by atoms with Gasteiger partial charge in [0, 0.05) is 31.1 Å². The van der Waals surface area contributed by atoms with Crippen LogP contribution in [0.2, 0.25) is 0 Å². The van der Waals surface area contributed by atoms with E-state index in [0.717, 1.165) is 6.54 Å². The number of hydrogen-bond donors (Lipinski definition) is 2. The van der Waals surface area contributed by atoms with Crippen LogP contribution in [0.25, 0.3) is 0 Å². The van der Waals surface area contributed by atoms with Crippen molar-refractivity contribution in [1.82, 2.24) is 10.2 Å². The summed E-state index contributed by atoms with van der Waals surface area (Å²) in [5, 5.41) is 2.94. The van der Waals surface area contributed by atoms with Crippen LogP contribution in [0.15, 0.2) is 0 Å². The predicted octanol–water partition coefficient (Wildman–Crippen LogP) is 1.10. The summed E-state index contributed by atoms with van der Waals surface area (Å²) in [6.07, 6.45) is 4.28. The fourth-order valence-corrected chi connectivity index (χ4v) is 2.59. The molecule has 0 spiro atoms. The van der Waals surface area contributed by atoms with Crippen molar-refractivity contribution in [1.29, 1.82) is 0 Å². The first-order valence-corrected chi connectivity index (χ1v) is 6.79. The molecule has 0 aromatic rings. The summed E-state index contributed by atoms with van der Waals surface area (Å²) in [6.45, 7) is 7.85. The van der Waals surface area contributed by atoms with Crippen molar-refractivity contribution in [2.75, 3.05) is 13.1 Å². The van der Waals surface area contributed by atoms with E-state index in [-0.39, 0.29) is 18.0 Å². The van der Waals surface area contributed by atoms with E-state index >= 15 is 0 Å². The summed E-state index contributed by atoms with van der Waals surface area (Å²) in [5.74, 6) is 0.119. The van der Waals surface area contributed by atoms with Gasteiger partial charge in [-0.2, -0.15) is 0 Å². The monoisotopic (exact) mass is 241 g/mol. The Morgan fingerprint density at radius 2 is 2.18 bits per heavy atom. The second-order valence-corrected chi connectivity index (χ2v) is 5.40. The Morgan fingerprint density at radius 3 is 2.71 bits per heavy atom. The molecule has 0 radical (unpaired) electrons. The number of nitrogens with two attached hydrogens (primary N) is 1. The van der Waals surface area contributed by atoms with Crippen LogP contribution >= 0.6 is 0 Å². The van der Waals surface area contributed by atoms with Gasteiger partial charge in [0.1, 0.15) is 0 Å². The van der Waals surface area contributed by atoms with Gasteiger partial charge in [0.2, 0.25) is 5.91 Å². The van der Waals surface area contributed by atoms with Gasteiger partial charge in [-0.15, -0.1) is 0 Å². The molecule has 2 atom stereocenters. The van der Waals surface area contributed by atoms with Crippen LogP contribution in [0.3, 0.4) is 0 Å². The Balaban J connectivity index is 2.49. The predicted molar refractivity (Wildman–Crippen MR) is 70.8 cm³/mol. The molecule has 1 amide bonds. The molecule has 1 rings (SSSR count). The smallest absolute Gasteiger partial charge is 0.221 e. The number of amides is 1. The maximum absolute atomic E-state index is 11.8. The number of hydrogen-bond acceptors (Lipinski definition) is 3. The van der Waals surface area contributed by atoms with Crippen LogP contribution in [0.4, 0.5) is 0 Å². The van der Waals surface area contributed by atoms with Crippen LogP contribution in [-0.2, 0) is 4.79 Å². The van der Waals surface area contributed by atoms with Gasteiger partial charge in [0.05, 0.1) is 0 Å². The van der Waals surface area contributed by atoms with Crippen molar-refractivity contribution in [3.63, 3.8) is 0 Å². The topological polar surface area (TPSA) is 58.4 Å². The number of carbonyl (C=O) groups excluding carboxylic acids is 1. The molecule has 1 aliphatic heterocycles. The van der Waals surface area contributed by atoms with Crippen LogP contribution in [0.1, 0.15) is 46.5 Å². The molecule has 4 heteroatoms. The van der Waals surface area contributed by atoms with Gasteiger partial charge < -0.3 is 11.1 Å². The number of piperidine rings is 1. The van der Waals surface area contributed by atoms with Gasteiger partial charge in [0.25, 0.3) is 0 Å².